The monoisotopic (exact) mass is 880 g/mol. The molecule has 2 nitrogen and oxygen atoms in total. The maximum absolute atomic E-state index is 2.45. The number of anilines is 3. The fourth-order valence-corrected chi connectivity index (χ4v) is 11.4. The van der Waals surface area contributed by atoms with E-state index in [1.165, 1.54) is 93.8 Å². The molecule has 1 heterocycles. The van der Waals surface area contributed by atoms with E-state index in [9.17, 15) is 0 Å². The van der Waals surface area contributed by atoms with Gasteiger partial charge in [0.15, 0.2) is 0 Å². The third-order valence-corrected chi connectivity index (χ3v) is 14.6. The molecule has 0 amide bonds. The van der Waals surface area contributed by atoms with Gasteiger partial charge in [-0.25, -0.2) is 0 Å². The SMILES string of the molecule is CC1(C)c2ccccc2-c2c(-c3ccccc3N(c3ccc(-c4cccc(-n5c6ccccc6c6ccccc65)c4)cc3)c3ccc(-c4cccc5cccc(-c6ccccc6)c45)cc3)cccc21. The van der Waals surface area contributed by atoms with Crippen molar-refractivity contribution >= 4 is 49.6 Å². The highest BCUT2D eigenvalue weighted by Crippen LogP contribution is 2.54. The van der Waals surface area contributed by atoms with Gasteiger partial charge in [-0.1, -0.05) is 214 Å². The summed E-state index contributed by atoms with van der Waals surface area (Å²) >= 11 is 0. The van der Waals surface area contributed by atoms with E-state index in [1.54, 1.807) is 0 Å². The summed E-state index contributed by atoms with van der Waals surface area (Å²) in [5.41, 5.74) is 21.8. The van der Waals surface area contributed by atoms with Crippen LogP contribution in [0.4, 0.5) is 17.1 Å². The van der Waals surface area contributed by atoms with Crippen LogP contribution in [-0.4, -0.2) is 4.57 Å². The summed E-state index contributed by atoms with van der Waals surface area (Å²) in [6.45, 7) is 4.72. The van der Waals surface area contributed by atoms with Gasteiger partial charge in [0.2, 0.25) is 0 Å². The van der Waals surface area contributed by atoms with E-state index in [0.29, 0.717) is 0 Å². The first-order valence-corrected chi connectivity index (χ1v) is 24.0. The normalized spacial score (nSPS) is 12.6. The van der Waals surface area contributed by atoms with Gasteiger partial charge in [-0.15, -0.1) is 0 Å². The lowest BCUT2D eigenvalue weighted by molar-refractivity contribution is 0.660. The zero-order valence-corrected chi connectivity index (χ0v) is 38.6. The van der Waals surface area contributed by atoms with Gasteiger partial charge in [0.05, 0.1) is 16.7 Å². The summed E-state index contributed by atoms with van der Waals surface area (Å²) < 4.78 is 2.39. The maximum atomic E-state index is 2.45. The van der Waals surface area contributed by atoms with E-state index in [1.807, 2.05) is 0 Å². The highest BCUT2D eigenvalue weighted by Gasteiger charge is 2.37. The van der Waals surface area contributed by atoms with Crippen LogP contribution in [0, 0.1) is 0 Å². The Morgan fingerprint density at radius 1 is 0.348 bits per heavy atom. The molecule has 2 heteroatoms. The molecule has 1 aliphatic rings. The number of hydrogen-bond acceptors (Lipinski definition) is 1. The van der Waals surface area contributed by atoms with Gasteiger partial charge in [-0.3, -0.25) is 0 Å². The fourth-order valence-electron chi connectivity index (χ4n) is 11.4. The Morgan fingerprint density at radius 2 is 0.841 bits per heavy atom. The molecule has 0 atom stereocenters. The summed E-state index contributed by atoms with van der Waals surface area (Å²) in [6, 6.07) is 93.6. The molecular formula is C67H48N2. The summed E-state index contributed by atoms with van der Waals surface area (Å²) in [7, 11) is 0. The smallest absolute Gasteiger partial charge is 0.0541 e. The molecular weight excluding hydrogens is 833 g/mol. The van der Waals surface area contributed by atoms with E-state index in [4.69, 9.17) is 0 Å². The number of fused-ring (bicyclic) bond motifs is 7. The van der Waals surface area contributed by atoms with E-state index in [2.05, 4.69) is 278 Å². The molecule has 69 heavy (non-hydrogen) atoms. The Kier molecular flexibility index (Phi) is 9.55. The summed E-state index contributed by atoms with van der Waals surface area (Å²) in [5.74, 6) is 0. The largest absolute Gasteiger partial charge is 0.310 e. The van der Waals surface area contributed by atoms with Gasteiger partial charge in [0.1, 0.15) is 0 Å². The van der Waals surface area contributed by atoms with Crippen LogP contribution in [0.15, 0.2) is 255 Å². The van der Waals surface area contributed by atoms with Gasteiger partial charge in [0, 0.05) is 38.8 Å². The molecule has 11 aromatic carbocycles. The molecule has 12 aromatic rings. The summed E-state index contributed by atoms with van der Waals surface area (Å²) in [6.07, 6.45) is 0. The van der Waals surface area contributed by atoms with Gasteiger partial charge in [0.25, 0.3) is 0 Å². The predicted octanol–water partition coefficient (Wildman–Crippen LogP) is 18.4. The average molecular weight is 881 g/mol. The topological polar surface area (TPSA) is 8.17 Å². The lowest BCUT2D eigenvalue weighted by Crippen LogP contribution is -2.14. The lowest BCUT2D eigenvalue weighted by Gasteiger charge is -2.29. The zero-order valence-electron chi connectivity index (χ0n) is 38.6. The molecule has 326 valence electrons. The third kappa shape index (κ3) is 6.63. The maximum Gasteiger partial charge on any atom is 0.0541 e. The predicted molar refractivity (Wildman–Crippen MR) is 292 cm³/mol. The van der Waals surface area contributed by atoms with Crippen LogP contribution < -0.4 is 4.90 Å². The highest BCUT2D eigenvalue weighted by atomic mass is 15.1. The molecule has 0 bridgehead atoms. The minimum atomic E-state index is -0.108. The molecule has 1 aliphatic carbocycles. The fraction of sp³-hybridized carbons (Fsp3) is 0.0448. The Balaban J connectivity index is 0.952. The average Bonchev–Trinajstić information content (AvgIpc) is 3.87. The molecule has 0 radical (unpaired) electrons. The molecule has 1 aromatic heterocycles. The van der Waals surface area contributed by atoms with Crippen LogP contribution in [-0.2, 0) is 5.41 Å². The second kappa shape index (κ2) is 16.3. The molecule has 0 spiro atoms. The number of nitrogens with zero attached hydrogens (tertiary/aromatic N) is 2. The molecule has 0 N–H and O–H groups in total. The number of aromatic nitrogens is 1. The number of para-hydroxylation sites is 3. The first kappa shape index (κ1) is 40.5. The Hall–Kier alpha value is -8.72. The van der Waals surface area contributed by atoms with Crippen molar-refractivity contribution in [2.75, 3.05) is 4.90 Å². The number of hydrogen-bond donors (Lipinski definition) is 0. The Morgan fingerprint density at radius 3 is 1.54 bits per heavy atom. The van der Waals surface area contributed by atoms with Crippen LogP contribution in [0.1, 0.15) is 25.0 Å². The highest BCUT2D eigenvalue weighted by molar-refractivity contribution is 6.10. The van der Waals surface area contributed by atoms with E-state index in [-0.39, 0.29) is 5.41 Å². The van der Waals surface area contributed by atoms with Gasteiger partial charge >= 0.3 is 0 Å². The van der Waals surface area contributed by atoms with Crippen molar-refractivity contribution in [1.82, 2.24) is 4.57 Å². The number of rotatable bonds is 8. The molecule has 0 aliphatic heterocycles. The van der Waals surface area contributed by atoms with Gasteiger partial charge < -0.3 is 9.47 Å². The zero-order chi connectivity index (χ0) is 46.1. The molecule has 13 rings (SSSR count). The van der Waals surface area contributed by atoms with Gasteiger partial charge in [-0.2, -0.15) is 0 Å². The first-order chi connectivity index (χ1) is 34.0. The van der Waals surface area contributed by atoms with Crippen LogP contribution >= 0.6 is 0 Å². The van der Waals surface area contributed by atoms with Crippen molar-refractivity contribution in [2.45, 2.75) is 19.3 Å². The first-order valence-electron chi connectivity index (χ1n) is 24.0. The van der Waals surface area contributed by atoms with Crippen molar-refractivity contribution in [3.8, 4) is 61.3 Å². The van der Waals surface area contributed by atoms with E-state index >= 15 is 0 Å². The van der Waals surface area contributed by atoms with Crippen molar-refractivity contribution < 1.29 is 0 Å². The van der Waals surface area contributed by atoms with Crippen molar-refractivity contribution in [1.29, 1.82) is 0 Å². The molecule has 0 fully saturated rings. The minimum Gasteiger partial charge on any atom is -0.310 e. The van der Waals surface area contributed by atoms with Crippen molar-refractivity contribution in [2.24, 2.45) is 0 Å². The van der Waals surface area contributed by atoms with Crippen LogP contribution in [0.2, 0.25) is 0 Å². The second-order valence-corrected chi connectivity index (χ2v) is 18.8. The summed E-state index contributed by atoms with van der Waals surface area (Å²) in [4.78, 5) is 2.45. The van der Waals surface area contributed by atoms with Crippen molar-refractivity contribution in [3.05, 3.63) is 266 Å². The minimum absolute atomic E-state index is 0.108. The number of benzene rings is 11. The quantitative estimate of drug-likeness (QED) is 0.148. The van der Waals surface area contributed by atoms with Crippen LogP contribution in [0.3, 0.4) is 0 Å². The molecule has 0 saturated carbocycles. The lowest BCUT2D eigenvalue weighted by atomic mass is 9.82. The van der Waals surface area contributed by atoms with E-state index < -0.39 is 0 Å². The van der Waals surface area contributed by atoms with E-state index in [0.717, 1.165) is 28.3 Å². The molecule has 0 unspecified atom stereocenters. The molecule has 0 saturated heterocycles. The van der Waals surface area contributed by atoms with Crippen LogP contribution in [0.25, 0.3) is 93.9 Å². The third-order valence-electron chi connectivity index (χ3n) is 14.6. The van der Waals surface area contributed by atoms with Crippen LogP contribution in [0.5, 0.6) is 0 Å². The Labute approximate surface area is 403 Å². The Bertz CT molecular complexity index is 3850. The standard InChI is InChI=1S/C67H48N2/c1-67(2)60-31-10-6-27-59(60)66-58(30-17-32-61(66)67)57-26-9-11-33-62(57)68(51-42-38-47(39-43-51)54-29-16-21-48-20-15-28-53(65(48)54)46-18-4-3-5-19-46)50-40-36-45(37-41-50)49-22-14-23-52(44-49)69-63-34-12-7-24-55(63)56-25-8-13-35-64(56)69/h3-44H,1-2H3. The van der Waals surface area contributed by atoms with Crippen molar-refractivity contribution in [3.63, 3.8) is 0 Å². The second-order valence-electron chi connectivity index (χ2n) is 18.8. The summed E-state index contributed by atoms with van der Waals surface area (Å²) in [5, 5.41) is 5.02. The van der Waals surface area contributed by atoms with Gasteiger partial charge in [-0.05, 0) is 127 Å².